The Bertz CT molecular complexity index is 1220. The number of ether oxygens (including phenoxy) is 1. The Morgan fingerprint density at radius 1 is 1.13 bits per heavy atom. The summed E-state index contributed by atoms with van der Waals surface area (Å²) in [6.45, 7) is 2.63. The molecule has 0 fully saturated rings. The number of halogens is 2. The average Bonchev–Trinajstić information content (AvgIpc) is 3.02. The minimum atomic E-state index is -0.254. The smallest absolute Gasteiger partial charge is 0.219 e. The number of hydrogen-bond acceptors (Lipinski definition) is 5. The molecule has 6 nitrogen and oxygen atoms in total. The Hall–Kier alpha value is -3.16. The van der Waals surface area contributed by atoms with E-state index in [4.69, 9.17) is 22.1 Å². The van der Waals surface area contributed by atoms with Crippen molar-refractivity contribution in [2.75, 3.05) is 18.9 Å². The third kappa shape index (κ3) is 3.58. The summed E-state index contributed by atoms with van der Waals surface area (Å²) in [4.78, 5) is 10.4. The monoisotopic (exact) mass is 423 g/mol. The van der Waals surface area contributed by atoms with Crippen LogP contribution in [0, 0.1) is 5.82 Å². The average molecular weight is 424 g/mol. The molecule has 0 amide bonds. The molecule has 0 unspecified atom stereocenters. The van der Waals surface area contributed by atoms with Gasteiger partial charge in [-0.1, -0.05) is 11.6 Å². The zero-order valence-corrected chi connectivity index (χ0v) is 16.8. The number of fused-ring (bicyclic) bond motifs is 2. The number of hydrogen-bond donors (Lipinski definition) is 1. The van der Waals surface area contributed by atoms with Crippen molar-refractivity contribution in [1.82, 2.24) is 19.4 Å². The molecule has 0 bridgehead atoms. The van der Waals surface area contributed by atoms with Crippen molar-refractivity contribution in [1.29, 1.82) is 0 Å². The molecule has 8 heteroatoms. The Morgan fingerprint density at radius 3 is 2.80 bits per heavy atom. The van der Waals surface area contributed by atoms with Gasteiger partial charge in [0.1, 0.15) is 18.2 Å². The summed E-state index contributed by atoms with van der Waals surface area (Å²) in [6.07, 6.45) is 5.40. The first kappa shape index (κ1) is 18.8. The van der Waals surface area contributed by atoms with Gasteiger partial charge in [-0.05, 0) is 36.4 Å². The van der Waals surface area contributed by atoms with Gasteiger partial charge in [-0.25, -0.2) is 14.4 Å². The molecule has 1 aliphatic heterocycles. The van der Waals surface area contributed by atoms with E-state index < -0.39 is 0 Å². The van der Waals surface area contributed by atoms with Crippen LogP contribution in [-0.2, 0) is 13.1 Å². The molecule has 3 heterocycles. The molecule has 152 valence electrons. The van der Waals surface area contributed by atoms with Crippen LogP contribution in [0.1, 0.15) is 11.1 Å². The fourth-order valence-corrected chi connectivity index (χ4v) is 4.12. The maximum Gasteiger partial charge on any atom is 0.219 e. The van der Waals surface area contributed by atoms with E-state index in [9.17, 15) is 4.39 Å². The third-order valence-corrected chi connectivity index (χ3v) is 5.50. The van der Waals surface area contributed by atoms with Crippen LogP contribution in [0.2, 0.25) is 5.02 Å². The highest BCUT2D eigenvalue weighted by Gasteiger charge is 2.20. The number of anilines is 1. The molecular weight excluding hydrogens is 405 g/mol. The van der Waals surface area contributed by atoms with Gasteiger partial charge in [-0.2, -0.15) is 0 Å². The van der Waals surface area contributed by atoms with Gasteiger partial charge >= 0.3 is 0 Å². The Morgan fingerprint density at radius 2 is 1.97 bits per heavy atom. The summed E-state index contributed by atoms with van der Waals surface area (Å²) in [5.41, 5.74) is 9.38. The van der Waals surface area contributed by atoms with Crippen LogP contribution in [0.4, 0.5) is 10.3 Å². The molecule has 30 heavy (non-hydrogen) atoms. The van der Waals surface area contributed by atoms with Crippen molar-refractivity contribution < 1.29 is 9.13 Å². The zero-order chi connectivity index (χ0) is 20.7. The Kier molecular flexibility index (Phi) is 4.77. The predicted molar refractivity (Wildman–Crippen MR) is 114 cm³/mol. The molecule has 5 rings (SSSR count). The number of nitrogens with zero attached hydrogens (tertiary/aromatic N) is 4. The lowest BCUT2D eigenvalue weighted by atomic mass is 10.1. The van der Waals surface area contributed by atoms with Crippen LogP contribution in [-0.4, -0.2) is 32.6 Å². The lowest BCUT2D eigenvalue weighted by Crippen LogP contribution is -2.25. The molecule has 0 saturated heterocycles. The Balaban J connectivity index is 1.49. The van der Waals surface area contributed by atoms with Crippen molar-refractivity contribution in [2.24, 2.45) is 0 Å². The quantitative estimate of drug-likeness (QED) is 0.535. The van der Waals surface area contributed by atoms with Gasteiger partial charge < -0.3 is 15.0 Å². The molecule has 0 atom stereocenters. The fraction of sp³-hybridized carbons (Fsp3) is 0.182. The van der Waals surface area contributed by atoms with Crippen molar-refractivity contribution in [3.63, 3.8) is 0 Å². The standard InChI is InChI=1S/C22H19ClFN5O/c23-19-9-18(29-4-3-15-7-17(24)1-2-20(15)29)8-16-13-28(5-6-30-21(16)19)12-14-10-26-22(25)27-11-14/h1-4,7-11H,5-6,12-13H2,(H2,25,26,27). The maximum absolute atomic E-state index is 13.6. The van der Waals surface area contributed by atoms with Crippen molar-refractivity contribution >= 4 is 28.5 Å². The fourth-order valence-electron chi connectivity index (χ4n) is 3.83. The number of nitrogens with two attached hydrogens (primary N) is 1. The minimum absolute atomic E-state index is 0.254. The molecule has 2 aromatic carbocycles. The molecule has 0 spiro atoms. The molecule has 2 aromatic heterocycles. The highest BCUT2D eigenvalue weighted by Crippen LogP contribution is 2.35. The van der Waals surface area contributed by atoms with Crippen LogP contribution >= 0.6 is 11.6 Å². The minimum Gasteiger partial charge on any atom is -0.490 e. The molecule has 2 N–H and O–H groups in total. The topological polar surface area (TPSA) is 69.2 Å². The molecule has 0 radical (unpaired) electrons. The first-order valence-electron chi connectivity index (χ1n) is 9.58. The maximum atomic E-state index is 13.6. The molecule has 0 saturated carbocycles. The largest absolute Gasteiger partial charge is 0.490 e. The van der Waals surface area contributed by atoms with Crippen LogP contribution in [0.15, 0.2) is 55.0 Å². The van der Waals surface area contributed by atoms with E-state index in [0.717, 1.165) is 34.3 Å². The van der Waals surface area contributed by atoms with Crippen LogP contribution in [0.3, 0.4) is 0 Å². The molecule has 0 aliphatic carbocycles. The number of rotatable bonds is 3. The number of benzene rings is 2. The Labute approximate surface area is 177 Å². The van der Waals surface area contributed by atoms with E-state index in [1.54, 1.807) is 18.5 Å². The zero-order valence-electron chi connectivity index (χ0n) is 16.1. The van der Waals surface area contributed by atoms with Gasteiger partial charge in [-0.3, -0.25) is 4.90 Å². The normalized spacial score (nSPS) is 14.3. The van der Waals surface area contributed by atoms with Crippen molar-refractivity contribution in [3.8, 4) is 11.4 Å². The second-order valence-electron chi connectivity index (χ2n) is 7.31. The van der Waals surface area contributed by atoms with E-state index in [0.29, 0.717) is 30.5 Å². The molecule has 1 aliphatic rings. The first-order valence-corrected chi connectivity index (χ1v) is 9.95. The highest BCUT2D eigenvalue weighted by molar-refractivity contribution is 6.32. The number of aromatic nitrogens is 3. The van der Waals surface area contributed by atoms with Crippen molar-refractivity contribution in [2.45, 2.75) is 13.1 Å². The van der Waals surface area contributed by atoms with Gasteiger partial charge in [0.2, 0.25) is 5.95 Å². The first-order chi connectivity index (χ1) is 14.6. The second kappa shape index (κ2) is 7.59. The summed E-state index contributed by atoms with van der Waals surface area (Å²) in [5.74, 6) is 0.716. The highest BCUT2D eigenvalue weighted by atomic mass is 35.5. The molecular formula is C22H19ClFN5O. The van der Waals surface area contributed by atoms with E-state index >= 15 is 0 Å². The van der Waals surface area contributed by atoms with Crippen LogP contribution in [0.25, 0.3) is 16.6 Å². The van der Waals surface area contributed by atoms with Crippen LogP contribution in [0.5, 0.6) is 5.75 Å². The third-order valence-electron chi connectivity index (χ3n) is 5.22. The van der Waals surface area contributed by atoms with E-state index in [2.05, 4.69) is 20.9 Å². The summed E-state index contributed by atoms with van der Waals surface area (Å²) in [7, 11) is 0. The summed E-state index contributed by atoms with van der Waals surface area (Å²) >= 11 is 6.59. The van der Waals surface area contributed by atoms with E-state index in [1.807, 2.05) is 22.9 Å². The van der Waals surface area contributed by atoms with Gasteiger partial charge in [0.25, 0.3) is 0 Å². The van der Waals surface area contributed by atoms with Gasteiger partial charge in [0.15, 0.2) is 0 Å². The van der Waals surface area contributed by atoms with Gasteiger partial charge in [-0.15, -0.1) is 0 Å². The molecule has 4 aromatic rings. The van der Waals surface area contributed by atoms with E-state index in [-0.39, 0.29) is 11.8 Å². The summed E-state index contributed by atoms with van der Waals surface area (Å²) in [6, 6.07) is 10.6. The van der Waals surface area contributed by atoms with Crippen LogP contribution < -0.4 is 10.5 Å². The van der Waals surface area contributed by atoms with Crippen molar-refractivity contribution in [3.05, 3.63) is 77.0 Å². The summed E-state index contributed by atoms with van der Waals surface area (Å²) < 4.78 is 21.5. The number of nitrogen functional groups attached to an aromatic ring is 1. The van der Waals surface area contributed by atoms with Gasteiger partial charge in [0, 0.05) is 60.4 Å². The van der Waals surface area contributed by atoms with Gasteiger partial charge in [0.05, 0.1) is 10.5 Å². The summed E-state index contributed by atoms with van der Waals surface area (Å²) in [5, 5.41) is 1.39. The SMILES string of the molecule is Nc1ncc(CN2CCOc3c(Cl)cc(-n4ccc5cc(F)ccc54)cc3C2)cn1. The second-order valence-corrected chi connectivity index (χ2v) is 7.72. The lowest BCUT2D eigenvalue weighted by molar-refractivity contribution is 0.219. The van der Waals surface area contributed by atoms with E-state index in [1.165, 1.54) is 12.1 Å². The predicted octanol–water partition coefficient (Wildman–Crippen LogP) is 4.19. The lowest BCUT2D eigenvalue weighted by Gasteiger charge is -2.19.